The highest BCUT2D eigenvalue weighted by Gasteiger charge is 2.13. The normalized spacial score (nSPS) is 11.5. The molecule has 0 bridgehead atoms. The van der Waals surface area contributed by atoms with Gasteiger partial charge in [-0.1, -0.05) is 18.2 Å². The third-order valence-corrected chi connectivity index (χ3v) is 4.82. The molecule has 0 spiro atoms. The van der Waals surface area contributed by atoms with Crippen LogP contribution in [0.5, 0.6) is 6.01 Å². The van der Waals surface area contributed by atoms with Gasteiger partial charge in [-0.2, -0.15) is 9.97 Å². The standard InChI is InChI=1S/C21H17N5O/c1-13-15-6-3-4-8-18(15)25-21(23-13)27-12-19-14(2)26-11-9-17-16(20(26)24-19)7-5-10-22-17/h3-11H,12H2,1-2H3. The summed E-state index contributed by atoms with van der Waals surface area (Å²) >= 11 is 0. The molecule has 0 N–H and O–H groups in total. The van der Waals surface area contributed by atoms with Crippen molar-refractivity contribution in [2.75, 3.05) is 0 Å². The highest BCUT2D eigenvalue weighted by molar-refractivity contribution is 5.91. The van der Waals surface area contributed by atoms with Crippen LogP contribution in [0.3, 0.4) is 0 Å². The maximum absolute atomic E-state index is 5.89. The minimum absolute atomic E-state index is 0.313. The number of aryl methyl sites for hydroxylation is 2. The summed E-state index contributed by atoms with van der Waals surface area (Å²) in [5.74, 6) is 0. The first-order valence-corrected chi connectivity index (χ1v) is 8.78. The Kier molecular flexibility index (Phi) is 3.50. The Morgan fingerprint density at radius 2 is 1.74 bits per heavy atom. The number of aromatic nitrogens is 5. The molecule has 0 saturated carbocycles. The van der Waals surface area contributed by atoms with Crippen LogP contribution in [-0.4, -0.2) is 24.3 Å². The summed E-state index contributed by atoms with van der Waals surface area (Å²) in [7, 11) is 0. The lowest BCUT2D eigenvalue weighted by Gasteiger charge is -2.06. The van der Waals surface area contributed by atoms with Gasteiger partial charge < -0.3 is 9.14 Å². The number of hydrogen-bond donors (Lipinski definition) is 0. The molecule has 5 rings (SSSR count). The van der Waals surface area contributed by atoms with E-state index in [1.807, 2.05) is 62.5 Å². The summed E-state index contributed by atoms with van der Waals surface area (Å²) in [4.78, 5) is 18.2. The summed E-state index contributed by atoms with van der Waals surface area (Å²) in [6, 6.07) is 14.2. The summed E-state index contributed by atoms with van der Waals surface area (Å²) < 4.78 is 7.95. The highest BCUT2D eigenvalue weighted by Crippen LogP contribution is 2.22. The lowest BCUT2D eigenvalue weighted by atomic mass is 10.2. The van der Waals surface area contributed by atoms with E-state index in [1.54, 1.807) is 6.20 Å². The molecule has 0 saturated heterocycles. The third kappa shape index (κ3) is 2.57. The number of benzene rings is 1. The Labute approximate surface area is 155 Å². The van der Waals surface area contributed by atoms with Gasteiger partial charge in [-0.05, 0) is 38.1 Å². The van der Waals surface area contributed by atoms with Gasteiger partial charge >= 0.3 is 6.01 Å². The monoisotopic (exact) mass is 355 g/mol. The van der Waals surface area contributed by atoms with Crippen LogP contribution in [0.25, 0.3) is 27.5 Å². The van der Waals surface area contributed by atoms with Crippen molar-refractivity contribution in [3.05, 3.63) is 71.9 Å². The summed E-state index contributed by atoms with van der Waals surface area (Å²) in [6.45, 7) is 4.31. The van der Waals surface area contributed by atoms with Crippen LogP contribution in [0.2, 0.25) is 0 Å². The molecule has 0 amide bonds. The van der Waals surface area contributed by atoms with Crippen molar-refractivity contribution in [3.63, 3.8) is 0 Å². The molecule has 0 radical (unpaired) electrons. The zero-order chi connectivity index (χ0) is 18.4. The largest absolute Gasteiger partial charge is 0.457 e. The molecule has 0 aliphatic rings. The molecule has 27 heavy (non-hydrogen) atoms. The molecule has 0 fully saturated rings. The number of fused-ring (bicyclic) bond motifs is 4. The van der Waals surface area contributed by atoms with Gasteiger partial charge in [0.15, 0.2) is 0 Å². The first-order chi connectivity index (χ1) is 13.2. The molecule has 5 aromatic rings. The Morgan fingerprint density at radius 1 is 0.889 bits per heavy atom. The van der Waals surface area contributed by atoms with Crippen LogP contribution >= 0.6 is 0 Å². The van der Waals surface area contributed by atoms with E-state index in [9.17, 15) is 0 Å². The summed E-state index contributed by atoms with van der Waals surface area (Å²) in [5, 5.41) is 2.06. The van der Waals surface area contributed by atoms with Crippen molar-refractivity contribution in [2.24, 2.45) is 0 Å². The summed E-state index contributed by atoms with van der Waals surface area (Å²) in [6.07, 6.45) is 3.78. The molecule has 1 aromatic carbocycles. The van der Waals surface area contributed by atoms with Gasteiger partial charge in [0.1, 0.15) is 12.3 Å². The van der Waals surface area contributed by atoms with Gasteiger partial charge in [-0.15, -0.1) is 0 Å². The molecule has 0 atom stereocenters. The fourth-order valence-corrected chi connectivity index (χ4v) is 3.36. The van der Waals surface area contributed by atoms with E-state index < -0.39 is 0 Å². The molecule has 132 valence electrons. The van der Waals surface area contributed by atoms with E-state index in [0.717, 1.165) is 44.5 Å². The Hall–Kier alpha value is -3.54. The van der Waals surface area contributed by atoms with E-state index in [2.05, 4.69) is 19.4 Å². The van der Waals surface area contributed by atoms with Crippen molar-refractivity contribution >= 4 is 27.5 Å². The molecular formula is C21H17N5O. The van der Waals surface area contributed by atoms with Gasteiger partial charge in [-0.25, -0.2) is 4.98 Å². The Morgan fingerprint density at radius 3 is 2.67 bits per heavy atom. The van der Waals surface area contributed by atoms with Gasteiger partial charge in [0.2, 0.25) is 0 Å². The minimum Gasteiger partial charge on any atom is -0.457 e. The van der Waals surface area contributed by atoms with Crippen LogP contribution in [0.1, 0.15) is 17.1 Å². The predicted octanol–water partition coefficient (Wildman–Crippen LogP) is 4.02. The fraction of sp³-hybridized carbons (Fsp3) is 0.143. The average Bonchev–Trinajstić information content (AvgIpc) is 3.03. The molecule has 4 heterocycles. The minimum atomic E-state index is 0.313. The van der Waals surface area contributed by atoms with Crippen molar-refractivity contribution in [3.8, 4) is 6.01 Å². The van der Waals surface area contributed by atoms with Crippen LogP contribution < -0.4 is 4.74 Å². The topological polar surface area (TPSA) is 65.2 Å². The SMILES string of the molecule is Cc1nc(OCc2nc3c4cccnc4ccn3c2C)nc2ccccc12. The molecule has 0 unspecified atom stereocenters. The van der Waals surface area contributed by atoms with E-state index in [1.165, 1.54) is 0 Å². The van der Waals surface area contributed by atoms with E-state index in [4.69, 9.17) is 9.72 Å². The number of rotatable bonds is 3. The number of imidazole rings is 1. The number of pyridine rings is 2. The molecule has 6 nitrogen and oxygen atoms in total. The average molecular weight is 355 g/mol. The van der Waals surface area contributed by atoms with Gasteiger partial charge in [-0.3, -0.25) is 4.98 Å². The van der Waals surface area contributed by atoms with Crippen LogP contribution in [-0.2, 0) is 6.61 Å². The first-order valence-electron chi connectivity index (χ1n) is 8.78. The van der Waals surface area contributed by atoms with Crippen LogP contribution in [0.15, 0.2) is 54.9 Å². The molecule has 6 heteroatoms. The third-order valence-electron chi connectivity index (χ3n) is 4.82. The second-order valence-electron chi connectivity index (χ2n) is 6.49. The maximum Gasteiger partial charge on any atom is 0.317 e. The van der Waals surface area contributed by atoms with Gasteiger partial charge in [0.25, 0.3) is 0 Å². The Balaban J connectivity index is 1.52. The lowest BCUT2D eigenvalue weighted by molar-refractivity contribution is 0.277. The number of para-hydroxylation sites is 1. The fourth-order valence-electron chi connectivity index (χ4n) is 3.36. The Bertz CT molecular complexity index is 1310. The van der Waals surface area contributed by atoms with Crippen LogP contribution in [0, 0.1) is 13.8 Å². The van der Waals surface area contributed by atoms with Gasteiger partial charge in [0.05, 0.1) is 22.4 Å². The van der Waals surface area contributed by atoms with Crippen molar-refractivity contribution < 1.29 is 4.74 Å². The maximum atomic E-state index is 5.89. The molecule has 4 aromatic heterocycles. The zero-order valence-corrected chi connectivity index (χ0v) is 15.0. The lowest BCUT2D eigenvalue weighted by Crippen LogP contribution is -2.03. The second-order valence-corrected chi connectivity index (χ2v) is 6.49. The first kappa shape index (κ1) is 15.7. The van der Waals surface area contributed by atoms with E-state index >= 15 is 0 Å². The molecule has 0 aliphatic carbocycles. The zero-order valence-electron chi connectivity index (χ0n) is 15.0. The summed E-state index contributed by atoms with van der Waals surface area (Å²) in [5.41, 5.74) is 5.49. The smallest absolute Gasteiger partial charge is 0.317 e. The van der Waals surface area contributed by atoms with E-state index in [-0.39, 0.29) is 0 Å². The number of nitrogens with zero attached hydrogens (tertiary/aromatic N) is 5. The number of ether oxygens (including phenoxy) is 1. The predicted molar refractivity (Wildman–Crippen MR) is 104 cm³/mol. The van der Waals surface area contributed by atoms with E-state index in [0.29, 0.717) is 12.6 Å². The highest BCUT2D eigenvalue weighted by atomic mass is 16.5. The second kappa shape index (κ2) is 6.02. The van der Waals surface area contributed by atoms with Crippen LogP contribution in [0.4, 0.5) is 0 Å². The van der Waals surface area contributed by atoms with Crippen molar-refractivity contribution in [1.82, 2.24) is 24.3 Å². The number of hydrogen-bond acceptors (Lipinski definition) is 5. The van der Waals surface area contributed by atoms with Gasteiger partial charge in [0, 0.05) is 28.9 Å². The molecule has 0 aliphatic heterocycles. The van der Waals surface area contributed by atoms with Crippen molar-refractivity contribution in [1.29, 1.82) is 0 Å². The molecular weight excluding hydrogens is 338 g/mol. The quantitative estimate of drug-likeness (QED) is 0.489. The van der Waals surface area contributed by atoms with Crippen molar-refractivity contribution in [2.45, 2.75) is 20.5 Å².